The highest BCUT2D eigenvalue weighted by Gasteiger charge is 2.30. The van der Waals surface area contributed by atoms with Gasteiger partial charge in [0, 0.05) is 19.3 Å². The van der Waals surface area contributed by atoms with Gasteiger partial charge in [-0.3, -0.25) is 9.67 Å². The molecule has 0 atom stereocenters. The number of halogens is 3. The van der Waals surface area contributed by atoms with E-state index in [-0.39, 0.29) is 0 Å². The van der Waals surface area contributed by atoms with Crippen LogP contribution in [0.4, 0.5) is 24.7 Å². The first-order valence-electron chi connectivity index (χ1n) is 7.07. The van der Waals surface area contributed by atoms with Crippen molar-refractivity contribution in [1.29, 1.82) is 5.26 Å². The maximum atomic E-state index is 12.6. The predicted molar refractivity (Wildman–Crippen MR) is 83.7 cm³/mol. The zero-order valence-electron chi connectivity index (χ0n) is 12.9. The number of hydrogen-bond acceptors (Lipinski definition) is 5. The lowest BCUT2D eigenvalue weighted by molar-refractivity contribution is -0.137. The molecule has 0 fully saturated rings. The summed E-state index contributed by atoms with van der Waals surface area (Å²) < 4.78 is 39.3. The molecule has 3 rings (SSSR count). The van der Waals surface area contributed by atoms with Crippen LogP contribution in [0, 0.1) is 11.3 Å². The van der Waals surface area contributed by atoms with Gasteiger partial charge in [0.05, 0.1) is 23.1 Å². The number of pyridine rings is 2. The summed E-state index contributed by atoms with van der Waals surface area (Å²) in [5, 5.41) is 16.0. The van der Waals surface area contributed by atoms with E-state index >= 15 is 0 Å². The number of nitrogens with one attached hydrogen (secondary N) is 1. The number of rotatable bonds is 3. The molecule has 0 radical (unpaired) electrons. The van der Waals surface area contributed by atoms with E-state index in [1.807, 2.05) is 6.07 Å². The van der Waals surface area contributed by atoms with Crippen LogP contribution in [0.3, 0.4) is 0 Å². The van der Waals surface area contributed by atoms with Crippen LogP contribution >= 0.6 is 0 Å². The van der Waals surface area contributed by atoms with Gasteiger partial charge < -0.3 is 5.32 Å². The van der Waals surface area contributed by atoms with Crippen molar-refractivity contribution in [2.75, 3.05) is 5.32 Å². The molecule has 0 spiro atoms. The Bertz CT molecular complexity index is 920. The fraction of sp³-hybridized carbons (Fsp3) is 0.125. The number of aromatic nitrogens is 4. The summed E-state index contributed by atoms with van der Waals surface area (Å²) >= 11 is 0. The monoisotopic (exact) mass is 344 g/mol. The second-order valence-corrected chi connectivity index (χ2v) is 5.14. The van der Waals surface area contributed by atoms with Gasteiger partial charge in [-0.1, -0.05) is 0 Å². The van der Waals surface area contributed by atoms with Crippen LogP contribution in [0.15, 0.2) is 42.7 Å². The molecule has 0 aliphatic heterocycles. The lowest BCUT2D eigenvalue weighted by Gasteiger charge is -2.05. The van der Waals surface area contributed by atoms with E-state index in [0.29, 0.717) is 28.6 Å². The zero-order chi connectivity index (χ0) is 18.0. The van der Waals surface area contributed by atoms with Crippen LogP contribution < -0.4 is 5.32 Å². The minimum Gasteiger partial charge on any atom is -0.339 e. The van der Waals surface area contributed by atoms with E-state index in [0.717, 1.165) is 12.3 Å². The summed E-state index contributed by atoms with van der Waals surface area (Å²) in [6.07, 6.45) is -2.14. The topological polar surface area (TPSA) is 79.4 Å². The minimum atomic E-state index is -4.43. The Balaban J connectivity index is 1.83. The Morgan fingerprint density at radius 1 is 1.08 bits per heavy atom. The molecule has 3 heterocycles. The lowest BCUT2D eigenvalue weighted by Crippen LogP contribution is -2.05. The molecule has 6 nitrogen and oxygen atoms in total. The van der Waals surface area contributed by atoms with Gasteiger partial charge in [-0.2, -0.15) is 23.5 Å². The molecule has 9 heteroatoms. The maximum absolute atomic E-state index is 12.6. The van der Waals surface area contributed by atoms with E-state index in [1.165, 1.54) is 16.9 Å². The molecule has 0 bridgehead atoms. The molecule has 0 saturated carbocycles. The first-order valence-corrected chi connectivity index (χ1v) is 7.07. The van der Waals surface area contributed by atoms with Crippen molar-refractivity contribution in [3.63, 3.8) is 0 Å². The Morgan fingerprint density at radius 3 is 2.44 bits per heavy atom. The molecule has 0 unspecified atom stereocenters. The summed E-state index contributed by atoms with van der Waals surface area (Å²) in [7, 11) is 1.69. The molecular weight excluding hydrogens is 333 g/mol. The zero-order valence-corrected chi connectivity index (χ0v) is 12.9. The van der Waals surface area contributed by atoms with Crippen LogP contribution in [0.2, 0.25) is 0 Å². The normalized spacial score (nSPS) is 11.2. The second-order valence-electron chi connectivity index (χ2n) is 5.14. The lowest BCUT2D eigenvalue weighted by atomic mass is 10.2. The first kappa shape index (κ1) is 16.4. The number of nitriles is 1. The fourth-order valence-corrected chi connectivity index (χ4v) is 2.10. The Labute approximate surface area is 140 Å². The average molecular weight is 344 g/mol. The van der Waals surface area contributed by atoms with E-state index in [2.05, 4.69) is 20.4 Å². The highest BCUT2D eigenvalue weighted by molar-refractivity contribution is 5.64. The van der Waals surface area contributed by atoms with Crippen LogP contribution in [0.5, 0.6) is 0 Å². The number of alkyl halides is 3. The molecule has 0 aliphatic carbocycles. The summed E-state index contributed by atoms with van der Waals surface area (Å²) in [5.41, 5.74) is 0.892. The van der Waals surface area contributed by atoms with Gasteiger partial charge in [-0.05, 0) is 24.3 Å². The summed E-state index contributed by atoms with van der Waals surface area (Å²) in [4.78, 5) is 7.78. The molecule has 126 valence electrons. The van der Waals surface area contributed by atoms with Gasteiger partial charge in [0.1, 0.15) is 23.3 Å². The number of hydrogen-bond donors (Lipinski definition) is 1. The van der Waals surface area contributed by atoms with Crippen LogP contribution in [0.1, 0.15) is 11.3 Å². The smallest absolute Gasteiger partial charge is 0.339 e. The molecule has 0 aromatic carbocycles. The molecule has 0 amide bonds. The molecule has 1 N–H and O–H groups in total. The van der Waals surface area contributed by atoms with Crippen LogP contribution in [-0.2, 0) is 13.2 Å². The van der Waals surface area contributed by atoms with Crippen molar-refractivity contribution in [2.24, 2.45) is 7.05 Å². The second kappa shape index (κ2) is 6.24. The van der Waals surface area contributed by atoms with Gasteiger partial charge in [-0.15, -0.1) is 0 Å². The Hall–Kier alpha value is -3.41. The molecule has 0 saturated heterocycles. The summed E-state index contributed by atoms with van der Waals surface area (Å²) in [5.74, 6) is 0.600. The number of nitrogens with zero attached hydrogens (tertiary/aromatic N) is 5. The largest absolute Gasteiger partial charge is 0.417 e. The highest BCUT2D eigenvalue weighted by atomic mass is 19.4. The standard InChI is InChI=1S/C16H11F3N6/c1-25-15(23-12-4-3-11(7-20)21-9-12)6-14(24-25)13-5-2-10(8-22-13)16(17,18)19/h2-6,8-9,23H,1H3. The summed E-state index contributed by atoms with van der Waals surface area (Å²) in [6.45, 7) is 0. The third-order valence-corrected chi connectivity index (χ3v) is 3.38. The molecule has 0 aliphatic rings. The van der Waals surface area contributed by atoms with Gasteiger partial charge in [-0.25, -0.2) is 4.98 Å². The quantitative estimate of drug-likeness (QED) is 0.786. The van der Waals surface area contributed by atoms with Crippen molar-refractivity contribution in [3.05, 3.63) is 54.0 Å². The SMILES string of the molecule is Cn1nc(-c2ccc(C(F)(F)F)cn2)cc1Nc1ccc(C#N)nc1. The van der Waals surface area contributed by atoms with Gasteiger partial charge in [0.25, 0.3) is 0 Å². The van der Waals surface area contributed by atoms with Crippen molar-refractivity contribution in [2.45, 2.75) is 6.18 Å². The van der Waals surface area contributed by atoms with Crippen LogP contribution in [-0.4, -0.2) is 19.7 Å². The third-order valence-electron chi connectivity index (χ3n) is 3.38. The van der Waals surface area contributed by atoms with E-state index in [9.17, 15) is 13.2 Å². The Morgan fingerprint density at radius 2 is 1.88 bits per heavy atom. The summed E-state index contributed by atoms with van der Waals surface area (Å²) in [6, 6.07) is 9.08. The van der Waals surface area contributed by atoms with Crippen molar-refractivity contribution >= 4 is 11.5 Å². The molecule has 3 aromatic heterocycles. The Kier molecular flexibility index (Phi) is 4.10. The predicted octanol–water partition coefficient (Wildman–Crippen LogP) is 3.51. The van der Waals surface area contributed by atoms with E-state index < -0.39 is 11.7 Å². The van der Waals surface area contributed by atoms with Crippen LogP contribution in [0.25, 0.3) is 11.4 Å². The van der Waals surface area contributed by atoms with Crippen molar-refractivity contribution in [3.8, 4) is 17.5 Å². The highest BCUT2D eigenvalue weighted by Crippen LogP contribution is 2.30. The van der Waals surface area contributed by atoms with E-state index in [1.54, 1.807) is 25.2 Å². The number of aryl methyl sites for hydroxylation is 1. The first-order chi connectivity index (χ1) is 11.9. The van der Waals surface area contributed by atoms with E-state index in [4.69, 9.17) is 5.26 Å². The van der Waals surface area contributed by atoms with Gasteiger partial charge in [0.2, 0.25) is 0 Å². The third kappa shape index (κ3) is 3.58. The van der Waals surface area contributed by atoms with Crippen molar-refractivity contribution < 1.29 is 13.2 Å². The van der Waals surface area contributed by atoms with Gasteiger partial charge in [0.15, 0.2) is 0 Å². The van der Waals surface area contributed by atoms with Crippen molar-refractivity contribution in [1.82, 2.24) is 19.7 Å². The van der Waals surface area contributed by atoms with Gasteiger partial charge >= 0.3 is 6.18 Å². The molecule has 25 heavy (non-hydrogen) atoms. The fourth-order valence-electron chi connectivity index (χ4n) is 2.10. The molecular formula is C16H11F3N6. The minimum absolute atomic E-state index is 0.296. The number of anilines is 2. The molecule has 3 aromatic rings. The maximum Gasteiger partial charge on any atom is 0.417 e. The average Bonchev–Trinajstić information content (AvgIpc) is 2.96.